The number of rotatable bonds is 4. The predicted molar refractivity (Wildman–Crippen MR) is 104 cm³/mol. The second-order valence-electron chi connectivity index (χ2n) is 6.36. The summed E-state index contributed by atoms with van der Waals surface area (Å²) in [6, 6.07) is 10.0. The van der Waals surface area contributed by atoms with Crippen molar-refractivity contribution in [3.05, 3.63) is 68.6 Å². The lowest BCUT2D eigenvalue weighted by molar-refractivity contribution is 0.687. The van der Waals surface area contributed by atoms with E-state index >= 15 is 0 Å². The van der Waals surface area contributed by atoms with Crippen LogP contribution in [0.2, 0.25) is 5.02 Å². The van der Waals surface area contributed by atoms with E-state index in [0.717, 1.165) is 32.3 Å². The highest BCUT2D eigenvalue weighted by molar-refractivity contribution is 7.98. The average molecular weight is 360 g/mol. The maximum absolute atomic E-state index is 12.1. The third-order valence-electron chi connectivity index (χ3n) is 4.66. The van der Waals surface area contributed by atoms with Gasteiger partial charge < -0.3 is 4.98 Å². The van der Waals surface area contributed by atoms with Crippen LogP contribution in [0.25, 0.3) is 5.57 Å². The number of thioether (sulfide) groups is 1. The summed E-state index contributed by atoms with van der Waals surface area (Å²) in [5, 5.41) is 0.756. The minimum Gasteiger partial charge on any atom is -0.322 e. The zero-order valence-electron chi connectivity index (χ0n) is 14.1. The first-order valence-electron chi connectivity index (χ1n) is 8.34. The summed E-state index contributed by atoms with van der Waals surface area (Å²) >= 11 is 8.05. The third-order valence-corrected chi connectivity index (χ3v) is 5.88. The van der Waals surface area contributed by atoms with Crippen LogP contribution in [0.5, 0.6) is 0 Å². The second-order valence-corrected chi connectivity index (χ2v) is 7.61. The predicted octanol–water partition coefficient (Wildman–Crippen LogP) is 5.68. The number of aryl methyl sites for hydroxylation is 1. The zero-order valence-corrected chi connectivity index (χ0v) is 15.6. The van der Waals surface area contributed by atoms with Gasteiger partial charge >= 0.3 is 0 Å². The van der Waals surface area contributed by atoms with E-state index in [1.807, 2.05) is 31.4 Å². The highest BCUT2D eigenvalue weighted by Crippen LogP contribution is 2.34. The van der Waals surface area contributed by atoms with E-state index < -0.39 is 0 Å². The molecule has 0 amide bonds. The molecule has 0 bridgehead atoms. The van der Waals surface area contributed by atoms with Crippen molar-refractivity contribution in [1.82, 2.24) is 4.98 Å². The Labute approximate surface area is 152 Å². The lowest BCUT2D eigenvalue weighted by Crippen LogP contribution is -2.11. The van der Waals surface area contributed by atoms with Gasteiger partial charge in [0, 0.05) is 21.7 Å². The van der Waals surface area contributed by atoms with Crippen LogP contribution < -0.4 is 5.56 Å². The topological polar surface area (TPSA) is 32.9 Å². The molecule has 1 aliphatic carbocycles. The molecule has 0 spiro atoms. The van der Waals surface area contributed by atoms with Crippen molar-refractivity contribution >= 4 is 28.9 Å². The zero-order chi connectivity index (χ0) is 17.1. The summed E-state index contributed by atoms with van der Waals surface area (Å²) in [5.74, 6) is 0.573. The van der Waals surface area contributed by atoms with Gasteiger partial charge in [-0.15, -0.1) is 11.8 Å². The monoisotopic (exact) mass is 359 g/mol. The molecule has 1 saturated carbocycles. The summed E-state index contributed by atoms with van der Waals surface area (Å²) in [7, 11) is 0. The van der Waals surface area contributed by atoms with Gasteiger partial charge in [-0.2, -0.15) is 0 Å². The van der Waals surface area contributed by atoms with Crippen molar-refractivity contribution in [2.45, 2.75) is 37.5 Å². The molecule has 0 unspecified atom stereocenters. The third kappa shape index (κ3) is 3.79. The molecule has 2 aromatic rings. The molecule has 2 nitrogen and oxygen atoms in total. The molecule has 0 saturated heterocycles. The standard InChI is InChI=1S/C20H22ClNOS/c1-13-7-9-18(22-20(13)23)16(11-14-5-3-4-6-14)15-8-10-19(24-2)17(21)12-15/h7-12,14H,3-6H2,1-2H3,(H,22,23)/b16-11+. The first-order valence-corrected chi connectivity index (χ1v) is 9.95. The molecule has 0 radical (unpaired) electrons. The number of aromatic amines is 1. The van der Waals surface area contributed by atoms with E-state index in [2.05, 4.69) is 23.2 Å². The number of nitrogens with one attached hydrogen (secondary N) is 1. The molecular formula is C20H22ClNOS. The van der Waals surface area contributed by atoms with E-state index in [9.17, 15) is 4.79 Å². The van der Waals surface area contributed by atoms with E-state index in [1.54, 1.807) is 11.8 Å². The van der Waals surface area contributed by atoms with E-state index in [4.69, 9.17) is 11.6 Å². The van der Waals surface area contributed by atoms with Gasteiger partial charge in [0.15, 0.2) is 0 Å². The van der Waals surface area contributed by atoms with Crippen molar-refractivity contribution in [3.8, 4) is 0 Å². The van der Waals surface area contributed by atoms with Gasteiger partial charge in [0.25, 0.3) is 5.56 Å². The van der Waals surface area contributed by atoms with Crippen LogP contribution >= 0.6 is 23.4 Å². The Bertz CT molecular complexity index is 819. The van der Waals surface area contributed by atoms with Gasteiger partial charge in [0.05, 0.1) is 5.02 Å². The van der Waals surface area contributed by atoms with E-state index in [1.165, 1.54) is 25.7 Å². The van der Waals surface area contributed by atoms with Crippen LogP contribution in [0.4, 0.5) is 0 Å². The normalized spacial score (nSPS) is 15.9. The van der Waals surface area contributed by atoms with E-state index in [0.29, 0.717) is 5.92 Å². The summed E-state index contributed by atoms with van der Waals surface area (Å²) in [6.07, 6.45) is 9.34. The van der Waals surface area contributed by atoms with Gasteiger partial charge in [-0.25, -0.2) is 0 Å². The van der Waals surface area contributed by atoms with Crippen molar-refractivity contribution in [1.29, 1.82) is 0 Å². The second kappa shape index (κ2) is 7.62. The Morgan fingerprint density at radius 2 is 2.00 bits per heavy atom. The van der Waals surface area contributed by atoms with Crippen LogP contribution in [0, 0.1) is 12.8 Å². The molecule has 1 fully saturated rings. The molecule has 1 aromatic carbocycles. The Kier molecular flexibility index (Phi) is 5.52. The number of allylic oxidation sites excluding steroid dienone is 1. The molecule has 0 aliphatic heterocycles. The average Bonchev–Trinajstić information content (AvgIpc) is 3.08. The number of hydrogen-bond donors (Lipinski definition) is 1. The fourth-order valence-electron chi connectivity index (χ4n) is 3.24. The molecule has 24 heavy (non-hydrogen) atoms. The molecule has 1 N–H and O–H groups in total. The highest BCUT2D eigenvalue weighted by atomic mass is 35.5. The number of pyridine rings is 1. The maximum Gasteiger partial charge on any atom is 0.251 e. The van der Waals surface area contributed by atoms with Gasteiger partial charge in [-0.1, -0.05) is 42.7 Å². The number of benzene rings is 1. The van der Waals surface area contributed by atoms with Gasteiger partial charge in [0.1, 0.15) is 0 Å². The van der Waals surface area contributed by atoms with Crippen molar-refractivity contribution < 1.29 is 0 Å². The Hall–Kier alpha value is -1.45. The highest BCUT2D eigenvalue weighted by Gasteiger charge is 2.16. The minimum absolute atomic E-state index is 0.0309. The van der Waals surface area contributed by atoms with Gasteiger partial charge in [-0.05, 0) is 55.7 Å². The van der Waals surface area contributed by atoms with Crippen LogP contribution in [0.3, 0.4) is 0 Å². The molecule has 1 aromatic heterocycles. The number of hydrogen-bond acceptors (Lipinski definition) is 2. The van der Waals surface area contributed by atoms with E-state index in [-0.39, 0.29) is 5.56 Å². The first-order chi connectivity index (χ1) is 11.6. The fourth-order valence-corrected chi connectivity index (χ4v) is 4.11. The van der Waals surface area contributed by atoms with Gasteiger partial charge in [0.2, 0.25) is 0 Å². The summed E-state index contributed by atoms with van der Waals surface area (Å²) in [4.78, 5) is 16.2. The Balaban J connectivity index is 2.09. The SMILES string of the molecule is CSc1ccc(/C(=C\C2CCCC2)c2ccc(C)c(=O)[nH]2)cc1Cl. The van der Waals surface area contributed by atoms with Crippen molar-refractivity contribution in [2.75, 3.05) is 6.26 Å². The Morgan fingerprint density at radius 1 is 1.25 bits per heavy atom. The fraction of sp³-hybridized carbons (Fsp3) is 0.350. The van der Waals surface area contributed by atoms with Crippen LogP contribution in [-0.2, 0) is 0 Å². The first kappa shape index (κ1) is 17.4. The molecule has 1 heterocycles. The van der Waals surface area contributed by atoms with Crippen LogP contribution in [0.15, 0.2) is 46.1 Å². The van der Waals surface area contributed by atoms with Crippen LogP contribution in [-0.4, -0.2) is 11.2 Å². The van der Waals surface area contributed by atoms with Crippen molar-refractivity contribution in [2.24, 2.45) is 5.92 Å². The number of H-pyrrole nitrogens is 1. The smallest absolute Gasteiger partial charge is 0.251 e. The lowest BCUT2D eigenvalue weighted by atomic mass is 9.96. The van der Waals surface area contributed by atoms with Crippen molar-refractivity contribution in [3.63, 3.8) is 0 Å². The molecule has 0 atom stereocenters. The number of halogens is 1. The molecule has 3 rings (SSSR count). The van der Waals surface area contributed by atoms with Gasteiger partial charge in [-0.3, -0.25) is 4.79 Å². The summed E-state index contributed by atoms with van der Waals surface area (Å²) in [6.45, 7) is 1.83. The summed E-state index contributed by atoms with van der Waals surface area (Å²) in [5.41, 5.74) is 3.70. The molecular weight excluding hydrogens is 338 g/mol. The minimum atomic E-state index is -0.0309. The quantitative estimate of drug-likeness (QED) is 0.712. The summed E-state index contributed by atoms with van der Waals surface area (Å²) < 4.78 is 0. The van der Waals surface area contributed by atoms with Crippen LogP contribution in [0.1, 0.15) is 42.5 Å². The molecule has 1 aliphatic rings. The maximum atomic E-state index is 12.1. The number of aromatic nitrogens is 1. The Morgan fingerprint density at radius 3 is 2.62 bits per heavy atom. The largest absolute Gasteiger partial charge is 0.322 e. The lowest BCUT2D eigenvalue weighted by Gasteiger charge is -2.13. The molecule has 4 heteroatoms. The molecule has 126 valence electrons.